The molecule has 9 amide bonds. The fourth-order valence-corrected chi connectivity index (χ4v) is 7.49. The molecule has 0 saturated carbocycles. The lowest BCUT2D eigenvalue weighted by atomic mass is 9.94. The Morgan fingerprint density at radius 1 is 0.625 bits per heavy atom. The molecule has 1 aliphatic rings. The van der Waals surface area contributed by atoms with Gasteiger partial charge in [0.05, 0.1) is 32.1 Å². The van der Waals surface area contributed by atoms with E-state index in [0.29, 0.717) is 12.8 Å². The normalized spacial score (nSPS) is 25.0. The van der Waals surface area contributed by atoms with Crippen LogP contribution in [0.2, 0.25) is 0 Å². The van der Waals surface area contributed by atoms with E-state index in [1.54, 1.807) is 6.92 Å². The predicted molar refractivity (Wildman–Crippen MR) is 255 cm³/mol. The quantitative estimate of drug-likeness (QED) is 0.0351. The van der Waals surface area contributed by atoms with Crippen molar-refractivity contribution in [2.45, 2.75) is 191 Å². The second-order valence-corrected chi connectivity index (χ2v) is 18.0. The summed E-state index contributed by atoms with van der Waals surface area (Å²) in [5.41, 5.74) is 5.32. The van der Waals surface area contributed by atoms with Crippen LogP contribution in [0.5, 0.6) is 0 Å². The Morgan fingerprint density at radius 3 is 1.69 bits per heavy atom. The Bertz CT molecular complexity index is 1800. The lowest BCUT2D eigenvalue weighted by Gasteiger charge is -2.29. The topological polar surface area (TPSA) is 420 Å². The molecule has 0 spiro atoms. The molecule has 1 aliphatic heterocycles. The maximum atomic E-state index is 13.9. The second-order valence-electron chi connectivity index (χ2n) is 18.0. The van der Waals surface area contributed by atoms with Crippen LogP contribution in [0.15, 0.2) is 0 Å². The first kappa shape index (κ1) is 64.0. The van der Waals surface area contributed by atoms with E-state index in [4.69, 9.17) is 10.5 Å². The number of carboxylic acids is 1. The molecule has 0 unspecified atom stereocenters. The summed E-state index contributed by atoms with van der Waals surface area (Å²) in [5.74, 6) is -12.9. The number of hydrogen-bond donors (Lipinski definition) is 14. The molecule has 1 heterocycles. The van der Waals surface area contributed by atoms with Gasteiger partial charge in [-0.25, -0.2) is 4.79 Å². The first-order valence-electron chi connectivity index (χ1n) is 24.7. The standard InChI is InChI=1S/C46H79N9O17/c1-5-6-7-8-9-10-11-12-13-14-15-26(2)34-23-36(61)49-27(3)40(65)51-30(18-20-56)42(67)52-29(16-17-38(63)64)41(66)48-24-37(62)50-33(25-58)44(69)54-32(22-35(47)60)43(68)55-39(28(4)59)45(70)53-31(19-21-57)46(71)72-34/h26-34,39,56-59H,5-25H2,1-4H3,(H2,47,60)(H,48,66)(H,49,61)(H,50,62)(H,51,65)(H,52,67)(H,53,70)(H,54,69)(H,55,68)(H,63,64)/t26-,27-,28-,29-,30-,31-,32+,33-,34+,39+/m0/s1. The number of ether oxygens (including phenoxy) is 1. The molecule has 10 atom stereocenters. The number of cyclic esters (lactones) is 1. The first-order chi connectivity index (χ1) is 34.1. The fraction of sp³-hybridized carbons (Fsp3) is 0.761. The molecule has 0 aromatic heterocycles. The van der Waals surface area contributed by atoms with E-state index in [-0.39, 0.29) is 0 Å². The zero-order valence-electron chi connectivity index (χ0n) is 41.8. The highest BCUT2D eigenvalue weighted by Gasteiger charge is 2.36. The minimum atomic E-state index is -1.90. The lowest BCUT2D eigenvalue weighted by Crippen LogP contribution is -2.61. The average molecular weight is 1030 g/mol. The molecular weight excluding hydrogens is 951 g/mol. The van der Waals surface area contributed by atoms with Gasteiger partial charge in [0.1, 0.15) is 48.4 Å². The van der Waals surface area contributed by atoms with Gasteiger partial charge >= 0.3 is 11.9 Å². The Balaban J connectivity index is 3.68. The van der Waals surface area contributed by atoms with Crippen molar-refractivity contribution in [3.8, 4) is 0 Å². The summed E-state index contributed by atoms with van der Waals surface area (Å²) in [7, 11) is 0. The molecule has 410 valence electrons. The van der Waals surface area contributed by atoms with Gasteiger partial charge in [-0.3, -0.25) is 47.9 Å². The molecule has 0 aromatic rings. The number of primary amides is 1. The zero-order valence-corrected chi connectivity index (χ0v) is 41.8. The third kappa shape index (κ3) is 25.4. The molecule has 0 radical (unpaired) electrons. The van der Waals surface area contributed by atoms with Crippen LogP contribution in [0.1, 0.15) is 137 Å². The molecule has 0 bridgehead atoms. The summed E-state index contributed by atoms with van der Waals surface area (Å²) in [6.45, 7) is 2.85. The van der Waals surface area contributed by atoms with Crippen LogP contribution in [-0.2, 0) is 57.5 Å². The first-order valence-corrected chi connectivity index (χ1v) is 24.7. The van der Waals surface area contributed by atoms with Gasteiger partial charge in [-0.1, -0.05) is 78.1 Å². The number of nitrogens with one attached hydrogen (secondary N) is 8. The van der Waals surface area contributed by atoms with Gasteiger partial charge in [0.25, 0.3) is 0 Å². The number of carbonyl (C=O) groups is 11. The molecule has 26 nitrogen and oxygen atoms in total. The van der Waals surface area contributed by atoms with Crippen LogP contribution in [0.3, 0.4) is 0 Å². The molecule has 1 fully saturated rings. The van der Waals surface area contributed by atoms with Gasteiger partial charge in [0.15, 0.2) is 0 Å². The molecule has 26 heteroatoms. The van der Waals surface area contributed by atoms with E-state index >= 15 is 0 Å². The van der Waals surface area contributed by atoms with Gasteiger partial charge in [-0.15, -0.1) is 0 Å². The highest BCUT2D eigenvalue weighted by molar-refractivity contribution is 5.98. The second kappa shape index (κ2) is 35.2. The lowest BCUT2D eigenvalue weighted by molar-refractivity contribution is -0.158. The van der Waals surface area contributed by atoms with Gasteiger partial charge < -0.3 is 78.5 Å². The summed E-state index contributed by atoms with van der Waals surface area (Å²) in [6.07, 6.45) is 4.56. The Morgan fingerprint density at radius 2 is 1.14 bits per heavy atom. The largest absolute Gasteiger partial charge is 0.481 e. The number of carbonyl (C=O) groups excluding carboxylic acids is 10. The highest BCUT2D eigenvalue weighted by atomic mass is 16.5. The van der Waals surface area contributed by atoms with E-state index in [9.17, 15) is 78.3 Å². The van der Waals surface area contributed by atoms with Crippen molar-refractivity contribution in [3.05, 3.63) is 0 Å². The Hall–Kier alpha value is -5.99. The van der Waals surface area contributed by atoms with E-state index in [0.717, 1.165) is 45.4 Å². The molecule has 1 saturated heterocycles. The van der Waals surface area contributed by atoms with Gasteiger partial charge in [0, 0.05) is 26.1 Å². The van der Waals surface area contributed by atoms with E-state index < -0.39 is 190 Å². The zero-order chi connectivity index (χ0) is 54.3. The molecule has 0 aromatic carbocycles. The van der Waals surface area contributed by atoms with E-state index in [2.05, 4.69) is 49.5 Å². The smallest absolute Gasteiger partial charge is 0.329 e. The molecule has 15 N–H and O–H groups in total. The van der Waals surface area contributed by atoms with Crippen LogP contribution < -0.4 is 48.3 Å². The summed E-state index contributed by atoms with van der Waals surface area (Å²) >= 11 is 0. The molecule has 72 heavy (non-hydrogen) atoms. The monoisotopic (exact) mass is 1030 g/mol. The Labute approximate surface area is 419 Å². The summed E-state index contributed by atoms with van der Waals surface area (Å²) in [6, 6.07) is -11.9. The third-order valence-corrected chi connectivity index (χ3v) is 11.8. The maximum Gasteiger partial charge on any atom is 0.329 e. The van der Waals surface area contributed by atoms with Crippen molar-refractivity contribution in [1.29, 1.82) is 0 Å². The number of hydrogen-bond acceptors (Lipinski definition) is 16. The van der Waals surface area contributed by atoms with Gasteiger partial charge in [0.2, 0.25) is 53.2 Å². The number of nitrogens with two attached hydrogens (primary N) is 1. The number of amides is 9. The minimum Gasteiger partial charge on any atom is -0.481 e. The van der Waals surface area contributed by atoms with Crippen LogP contribution in [0, 0.1) is 5.92 Å². The summed E-state index contributed by atoms with van der Waals surface area (Å²) < 4.78 is 5.84. The highest BCUT2D eigenvalue weighted by Crippen LogP contribution is 2.21. The summed E-state index contributed by atoms with van der Waals surface area (Å²) in [5, 5.41) is 67.5. The number of esters is 1. The van der Waals surface area contributed by atoms with Crippen LogP contribution in [0.4, 0.5) is 0 Å². The number of aliphatic hydroxyl groups excluding tert-OH is 4. The SMILES string of the molecule is CCCCCCCCCCCC[C@H](C)[C@H]1CC(=O)N[C@@H](C)C(=O)N[C@@H](CCO)C(=O)N[C@@H](CCC(=O)O)C(=O)NCC(=O)N[C@@H](CO)C(=O)N[C@H](CC(N)=O)C(=O)N[C@H]([C@H](C)O)C(=O)N[C@@H](CCO)C(=O)O1. The molecule has 1 rings (SSSR count). The van der Waals surface area contributed by atoms with Gasteiger partial charge in [-0.05, 0) is 39.0 Å². The minimum absolute atomic E-state index is 0.418. The van der Waals surface area contributed by atoms with Crippen molar-refractivity contribution >= 4 is 65.1 Å². The number of unbranched alkanes of at least 4 members (excludes halogenated alkanes) is 9. The van der Waals surface area contributed by atoms with Crippen LogP contribution in [0.25, 0.3) is 0 Å². The number of carboxylic acid groups (broad SMARTS) is 1. The number of aliphatic hydroxyl groups is 4. The maximum absolute atomic E-state index is 13.9. The van der Waals surface area contributed by atoms with Crippen molar-refractivity contribution in [1.82, 2.24) is 42.5 Å². The van der Waals surface area contributed by atoms with Crippen molar-refractivity contribution in [2.75, 3.05) is 26.4 Å². The summed E-state index contributed by atoms with van der Waals surface area (Å²) in [4.78, 5) is 144. The van der Waals surface area contributed by atoms with Gasteiger partial charge in [-0.2, -0.15) is 0 Å². The van der Waals surface area contributed by atoms with Crippen LogP contribution >= 0.6 is 0 Å². The number of rotatable bonds is 23. The molecule has 0 aliphatic carbocycles. The Kier molecular flexibility index (Phi) is 31.3. The van der Waals surface area contributed by atoms with E-state index in [1.807, 2.05) is 0 Å². The van der Waals surface area contributed by atoms with Crippen molar-refractivity contribution < 1.29 is 83.0 Å². The van der Waals surface area contributed by atoms with E-state index in [1.165, 1.54) is 26.2 Å². The van der Waals surface area contributed by atoms with Crippen molar-refractivity contribution in [2.24, 2.45) is 11.7 Å². The average Bonchev–Trinajstić information content (AvgIpc) is 3.31. The third-order valence-electron chi connectivity index (χ3n) is 11.8. The number of aliphatic carboxylic acids is 1. The van der Waals surface area contributed by atoms with Crippen LogP contribution in [-0.4, -0.2) is 172 Å². The predicted octanol–water partition coefficient (Wildman–Crippen LogP) is -3.34. The van der Waals surface area contributed by atoms with Crippen molar-refractivity contribution in [3.63, 3.8) is 0 Å². The fourth-order valence-electron chi connectivity index (χ4n) is 7.49. The molecular formula is C46H79N9O17.